The zero-order valence-corrected chi connectivity index (χ0v) is 19.3. The van der Waals surface area contributed by atoms with Crippen LogP contribution in [0, 0.1) is 23.6 Å². The molecule has 2 aliphatic carbocycles. The Morgan fingerprint density at radius 3 is 2.41 bits per heavy atom. The average Bonchev–Trinajstić information content (AvgIpc) is 3.55. The zero-order chi connectivity index (χ0) is 23.0. The van der Waals surface area contributed by atoms with Gasteiger partial charge in [-0.15, -0.1) is 0 Å². The van der Waals surface area contributed by atoms with E-state index >= 15 is 0 Å². The first-order valence-electron chi connectivity index (χ1n) is 11.4. The molecule has 0 spiro atoms. The highest BCUT2D eigenvalue weighted by Gasteiger charge is 2.61. The highest BCUT2D eigenvalue weighted by Crippen LogP contribution is 2.52. The maximum absolute atomic E-state index is 14.6. The zero-order valence-electron chi connectivity index (χ0n) is 19.3. The quantitative estimate of drug-likeness (QED) is 0.781. The predicted octanol–water partition coefficient (Wildman–Crippen LogP) is 3.82. The first kappa shape index (κ1) is 21.2. The van der Waals surface area contributed by atoms with Crippen LogP contribution in [0.15, 0.2) is 18.3 Å². The maximum atomic E-state index is 14.6. The van der Waals surface area contributed by atoms with Crippen molar-refractivity contribution in [2.24, 2.45) is 17.8 Å². The number of halogens is 1. The molecule has 2 aromatic rings. The summed E-state index contributed by atoms with van der Waals surface area (Å²) in [5, 5.41) is 3.15. The van der Waals surface area contributed by atoms with Gasteiger partial charge in [0.2, 0.25) is 5.91 Å². The Hall–Kier alpha value is -2.64. The number of pyridine rings is 1. The number of likely N-dealkylation sites (tertiary alicyclic amines) is 1. The highest BCUT2D eigenvalue weighted by atomic mass is 19.1. The van der Waals surface area contributed by atoms with Gasteiger partial charge in [-0.25, -0.2) is 14.2 Å². The fourth-order valence-corrected chi connectivity index (χ4v) is 5.05. The summed E-state index contributed by atoms with van der Waals surface area (Å²) in [7, 11) is 0. The van der Waals surface area contributed by atoms with Gasteiger partial charge >= 0.3 is 6.09 Å². The van der Waals surface area contributed by atoms with Gasteiger partial charge < -0.3 is 15.0 Å². The van der Waals surface area contributed by atoms with Gasteiger partial charge in [-0.1, -0.05) is 0 Å². The van der Waals surface area contributed by atoms with Crippen LogP contribution in [0.25, 0.3) is 5.52 Å². The lowest BCUT2D eigenvalue weighted by atomic mass is 10.0. The van der Waals surface area contributed by atoms with Crippen molar-refractivity contribution in [3.05, 3.63) is 35.7 Å². The number of hydrogen-bond acceptors (Lipinski definition) is 4. The van der Waals surface area contributed by atoms with Crippen LogP contribution < -0.4 is 5.32 Å². The molecule has 2 aromatic heterocycles. The van der Waals surface area contributed by atoms with Crippen LogP contribution in [-0.4, -0.2) is 45.0 Å². The summed E-state index contributed by atoms with van der Waals surface area (Å²) >= 11 is 0. The fourth-order valence-electron chi connectivity index (χ4n) is 5.05. The van der Waals surface area contributed by atoms with Crippen LogP contribution in [0.2, 0.25) is 0 Å². The van der Waals surface area contributed by atoms with E-state index in [1.54, 1.807) is 15.4 Å². The van der Waals surface area contributed by atoms with Crippen LogP contribution in [0.4, 0.5) is 9.18 Å². The Balaban J connectivity index is 1.28. The van der Waals surface area contributed by atoms with Crippen molar-refractivity contribution in [1.29, 1.82) is 0 Å². The molecule has 32 heavy (non-hydrogen) atoms. The number of fused-ring (bicyclic) bond motifs is 2. The van der Waals surface area contributed by atoms with Crippen molar-refractivity contribution in [2.45, 2.75) is 64.5 Å². The number of hydrogen-bond donors (Lipinski definition) is 1. The van der Waals surface area contributed by atoms with E-state index < -0.39 is 11.1 Å². The Kier molecular flexibility index (Phi) is 4.59. The van der Waals surface area contributed by atoms with E-state index in [0.29, 0.717) is 30.3 Å². The molecule has 3 aliphatic rings. The van der Waals surface area contributed by atoms with Gasteiger partial charge in [0.05, 0.1) is 11.2 Å². The van der Waals surface area contributed by atoms with E-state index in [-0.39, 0.29) is 35.6 Å². The van der Waals surface area contributed by atoms with Crippen LogP contribution in [0.3, 0.4) is 0 Å². The molecule has 1 saturated heterocycles. The van der Waals surface area contributed by atoms with Gasteiger partial charge in [-0.3, -0.25) is 9.20 Å². The smallest absolute Gasteiger partial charge is 0.410 e. The number of amides is 2. The summed E-state index contributed by atoms with van der Waals surface area (Å²) in [6.07, 6.45) is 3.53. The standard InChI is InChI=1S/C24H31FN4O3/c1-23(2,3)32-22(31)28-11-14-15(12-28)17(14)20(30)27-24(4,5)21-26-18(13-8-9-13)19-16(25)7-6-10-29(19)21/h6-7,10,13-15,17H,8-9,11-12H2,1-5H3,(H,27,30). The first-order valence-corrected chi connectivity index (χ1v) is 11.4. The van der Waals surface area contributed by atoms with E-state index in [9.17, 15) is 14.0 Å². The monoisotopic (exact) mass is 442 g/mol. The second kappa shape index (κ2) is 6.93. The Morgan fingerprint density at radius 1 is 1.16 bits per heavy atom. The first-order chi connectivity index (χ1) is 15.0. The molecule has 2 saturated carbocycles. The molecule has 1 aliphatic heterocycles. The van der Waals surface area contributed by atoms with Crippen molar-refractivity contribution in [3.63, 3.8) is 0 Å². The molecule has 1 N–H and O–H groups in total. The number of nitrogens with one attached hydrogen (secondary N) is 1. The van der Waals surface area contributed by atoms with Crippen LogP contribution >= 0.6 is 0 Å². The Labute approximate surface area is 187 Å². The number of carbonyl (C=O) groups is 2. The molecule has 2 unspecified atom stereocenters. The van der Waals surface area contributed by atoms with Crippen molar-refractivity contribution in [3.8, 4) is 0 Å². The minimum atomic E-state index is -0.761. The second-order valence-corrected chi connectivity index (χ2v) is 11.0. The van der Waals surface area contributed by atoms with E-state index in [1.807, 2.05) is 40.8 Å². The van der Waals surface area contributed by atoms with Crippen LogP contribution in [0.5, 0.6) is 0 Å². The summed E-state index contributed by atoms with van der Waals surface area (Å²) in [5.41, 5.74) is 0.0133. The molecular formula is C24H31FN4O3. The second-order valence-electron chi connectivity index (χ2n) is 11.0. The molecule has 2 atom stereocenters. The molecule has 8 heteroatoms. The Morgan fingerprint density at radius 2 is 1.81 bits per heavy atom. The third-order valence-corrected chi connectivity index (χ3v) is 6.75. The summed E-state index contributed by atoms with van der Waals surface area (Å²) in [5.74, 6) is 0.833. The van der Waals surface area contributed by atoms with E-state index in [1.165, 1.54) is 6.07 Å². The van der Waals surface area contributed by atoms with Gasteiger partial charge in [0.15, 0.2) is 0 Å². The van der Waals surface area contributed by atoms with Crippen molar-refractivity contribution in [2.75, 3.05) is 13.1 Å². The summed E-state index contributed by atoms with van der Waals surface area (Å²) in [6, 6.07) is 3.12. The van der Waals surface area contributed by atoms with Crippen molar-refractivity contribution < 1.29 is 18.7 Å². The molecule has 3 fully saturated rings. The summed E-state index contributed by atoms with van der Waals surface area (Å²) in [6.45, 7) is 10.4. The predicted molar refractivity (Wildman–Crippen MR) is 117 cm³/mol. The molecule has 5 rings (SSSR count). The molecule has 0 aromatic carbocycles. The molecule has 3 heterocycles. The van der Waals surface area contributed by atoms with Crippen LogP contribution in [0.1, 0.15) is 64.9 Å². The van der Waals surface area contributed by atoms with Crippen molar-refractivity contribution >= 4 is 17.5 Å². The average molecular weight is 443 g/mol. The number of imidazole rings is 1. The largest absolute Gasteiger partial charge is 0.444 e. The number of rotatable bonds is 4. The normalized spacial score (nSPS) is 25.1. The van der Waals surface area contributed by atoms with E-state index in [2.05, 4.69) is 5.32 Å². The van der Waals surface area contributed by atoms with Crippen molar-refractivity contribution in [1.82, 2.24) is 19.6 Å². The van der Waals surface area contributed by atoms with Gasteiger partial charge in [-0.05, 0) is 71.4 Å². The van der Waals surface area contributed by atoms with E-state index in [0.717, 1.165) is 18.5 Å². The lowest BCUT2D eigenvalue weighted by Crippen LogP contribution is -2.45. The van der Waals surface area contributed by atoms with Crippen LogP contribution in [-0.2, 0) is 15.1 Å². The molecule has 2 amide bonds. The minimum absolute atomic E-state index is 0.0324. The molecular weight excluding hydrogens is 411 g/mol. The SMILES string of the molecule is CC(C)(C)OC(=O)N1CC2C(C1)C2C(=O)NC(C)(C)c1nc(C2CC2)c2c(F)cccn12. The number of ether oxygens (including phenoxy) is 1. The fraction of sp³-hybridized carbons (Fsp3) is 0.625. The highest BCUT2D eigenvalue weighted by molar-refractivity contribution is 5.84. The van der Waals surface area contributed by atoms with Gasteiger partial charge in [0.1, 0.15) is 22.8 Å². The number of nitrogens with zero attached hydrogens (tertiary/aromatic N) is 3. The van der Waals surface area contributed by atoms with Gasteiger partial charge in [0.25, 0.3) is 0 Å². The Bertz CT molecular complexity index is 1090. The minimum Gasteiger partial charge on any atom is -0.444 e. The lowest BCUT2D eigenvalue weighted by Gasteiger charge is -2.27. The summed E-state index contributed by atoms with van der Waals surface area (Å²) in [4.78, 5) is 31.9. The third kappa shape index (κ3) is 3.63. The molecule has 172 valence electrons. The number of carbonyl (C=O) groups excluding carboxylic acids is 2. The van der Waals surface area contributed by atoms with E-state index in [4.69, 9.17) is 9.72 Å². The molecule has 0 radical (unpaired) electrons. The van der Waals surface area contributed by atoms with Gasteiger partial charge in [0, 0.05) is 31.1 Å². The molecule has 7 nitrogen and oxygen atoms in total. The summed E-state index contributed by atoms with van der Waals surface area (Å²) < 4.78 is 21.8. The number of piperidine rings is 1. The third-order valence-electron chi connectivity index (χ3n) is 6.75. The number of aromatic nitrogens is 2. The van der Waals surface area contributed by atoms with Gasteiger partial charge in [-0.2, -0.15) is 0 Å². The lowest BCUT2D eigenvalue weighted by molar-refractivity contribution is -0.125. The maximum Gasteiger partial charge on any atom is 0.410 e. The molecule has 0 bridgehead atoms. The topological polar surface area (TPSA) is 75.9 Å².